The van der Waals surface area contributed by atoms with Gasteiger partial charge >= 0.3 is 0 Å². The molecule has 3 N–H and O–H groups in total. The maximum Gasteiger partial charge on any atom is 0.221 e. The van der Waals surface area contributed by atoms with Gasteiger partial charge in [-0.3, -0.25) is 0 Å². The molecule has 1 aromatic rings. The Hall–Kier alpha value is -0.840. The van der Waals surface area contributed by atoms with E-state index in [-0.39, 0.29) is 0 Å². The van der Waals surface area contributed by atoms with E-state index in [1.807, 2.05) is 0 Å². The molecule has 0 spiro atoms. The van der Waals surface area contributed by atoms with Crippen molar-refractivity contribution in [2.45, 2.75) is 45.6 Å². The molecule has 4 nitrogen and oxygen atoms in total. The van der Waals surface area contributed by atoms with Crippen molar-refractivity contribution in [1.82, 2.24) is 9.97 Å². The molecule has 0 aliphatic heterocycles. The normalized spacial score (nSPS) is 24.2. The molecule has 100 valence electrons. The van der Waals surface area contributed by atoms with E-state index in [2.05, 4.69) is 45.1 Å². The summed E-state index contributed by atoms with van der Waals surface area (Å²) < 4.78 is 0.879. The molecule has 1 saturated carbocycles. The first-order valence-electron chi connectivity index (χ1n) is 6.62. The molecule has 2 unspecified atom stereocenters. The van der Waals surface area contributed by atoms with Gasteiger partial charge in [-0.2, -0.15) is 4.98 Å². The van der Waals surface area contributed by atoms with Crippen molar-refractivity contribution in [3.63, 3.8) is 0 Å². The van der Waals surface area contributed by atoms with E-state index in [9.17, 15) is 0 Å². The summed E-state index contributed by atoms with van der Waals surface area (Å²) in [6.45, 7) is 4.60. The lowest BCUT2D eigenvalue weighted by atomic mass is 9.78. The van der Waals surface area contributed by atoms with Crippen LogP contribution in [0.2, 0.25) is 0 Å². The lowest BCUT2D eigenvalue weighted by molar-refractivity contribution is 0.253. The second kappa shape index (κ2) is 5.87. The van der Waals surface area contributed by atoms with E-state index < -0.39 is 0 Å². The fourth-order valence-electron chi connectivity index (χ4n) is 2.79. The lowest BCUT2D eigenvalue weighted by Crippen LogP contribution is -2.35. The van der Waals surface area contributed by atoms with Crippen molar-refractivity contribution in [3.05, 3.63) is 10.7 Å². The summed E-state index contributed by atoms with van der Waals surface area (Å²) in [5.74, 6) is 2.54. The molecule has 0 radical (unpaired) electrons. The van der Waals surface area contributed by atoms with Gasteiger partial charge in [-0.15, -0.1) is 0 Å². The lowest BCUT2D eigenvalue weighted by Gasteiger charge is -2.35. The van der Waals surface area contributed by atoms with Crippen LogP contribution in [-0.2, 0) is 0 Å². The molecule has 0 amide bonds. The maximum atomic E-state index is 5.64. The van der Waals surface area contributed by atoms with Crippen molar-refractivity contribution in [2.24, 2.45) is 11.8 Å². The molecular weight excluding hydrogens is 292 g/mol. The number of nitrogens with zero attached hydrogens (tertiary/aromatic N) is 2. The first-order chi connectivity index (χ1) is 8.58. The van der Waals surface area contributed by atoms with Crippen LogP contribution in [0.4, 0.5) is 11.8 Å². The highest BCUT2D eigenvalue weighted by Gasteiger charge is 2.28. The number of nitrogens with one attached hydrogen (secondary N) is 1. The van der Waals surface area contributed by atoms with Gasteiger partial charge in [-0.25, -0.2) is 4.98 Å². The Balaban J connectivity index is 2.13. The monoisotopic (exact) mass is 312 g/mol. The highest BCUT2D eigenvalue weighted by atomic mass is 79.9. The fourth-order valence-corrected chi connectivity index (χ4v) is 3.10. The van der Waals surface area contributed by atoms with Gasteiger partial charge in [-0.1, -0.05) is 26.7 Å². The molecule has 1 aliphatic carbocycles. The van der Waals surface area contributed by atoms with Gasteiger partial charge in [-0.05, 0) is 40.6 Å². The summed E-state index contributed by atoms with van der Waals surface area (Å²) in [5.41, 5.74) is 5.64. The number of nitrogens with two attached hydrogens (primary N) is 1. The number of hydrogen-bond acceptors (Lipinski definition) is 4. The highest BCUT2D eigenvalue weighted by Crippen LogP contribution is 2.33. The van der Waals surface area contributed by atoms with Crippen LogP contribution in [0, 0.1) is 11.8 Å². The van der Waals surface area contributed by atoms with Crippen LogP contribution < -0.4 is 11.1 Å². The molecule has 0 saturated heterocycles. The molecule has 5 heteroatoms. The summed E-state index contributed by atoms with van der Waals surface area (Å²) >= 11 is 3.47. The van der Waals surface area contributed by atoms with Crippen LogP contribution in [0.15, 0.2) is 10.7 Å². The van der Waals surface area contributed by atoms with Crippen LogP contribution in [0.1, 0.15) is 39.5 Å². The third kappa shape index (κ3) is 3.13. The molecule has 2 rings (SSSR count). The largest absolute Gasteiger partial charge is 0.368 e. The standard InChI is InChI=1S/C13H21BrN4/c1-8(2)9-5-3-4-6-11(9)17-12-10(14)7-16-13(15)18-12/h7-9,11H,3-6H2,1-2H3,(H3,15,16,17,18). The van der Waals surface area contributed by atoms with Gasteiger partial charge in [0.2, 0.25) is 5.95 Å². The average molecular weight is 313 g/mol. The first kappa shape index (κ1) is 13.6. The Morgan fingerprint density at radius 3 is 2.83 bits per heavy atom. The molecular formula is C13H21BrN4. The fraction of sp³-hybridized carbons (Fsp3) is 0.692. The van der Waals surface area contributed by atoms with Gasteiger partial charge in [0.05, 0.1) is 4.47 Å². The quantitative estimate of drug-likeness (QED) is 0.897. The van der Waals surface area contributed by atoms with Crippen molar-refractivity contribution in [2.75, 3.05) is 11.1 Å². The second-order valence-electron chi connectivity index (χ2n) is 5.37. The van der Waals surface area contributed by atoms with Gasteiger partial charge in [0.15, 0.2) is 0 Å². The summed E-state index contributed by atoms with van der Waals surface area (Å²) in [4.78, 5) is 8.24. The zero-order chi connectivity index (χ0) is 13.1. The molecule has 18 heavy (non-hydrogen) atoms. The number of nitrogen functional groups attached to an aromatic ring is 1. The smallest absolute Gasteiger partial charge is 0.221 e. The Kier molecular flexibility index (Phi) is 4.43. The Bertz CT molecular complexity index is 408. The minimum Gasteiger partial charge on any atom is -0.368 e. The van der Waals surface area contributed by atoms with Gasteiger partial charge in [0.25, 0.3) is 0 Å². The van der Waals surface area contributed by atoms with Crippen LogP contribution in [-0.4, -0.2) is 16.0 Å². The first-order valence-corrected chi connectivity index (χ1v) is 7.41. The average Bonchev–Trinajstić information content (AvgIpc) is 2.34. The zero-order valence-electron chi connectivity index (χ0n) is 11.0. The van der Waals surface area contributed by atoms with Crippen LogP contribution >= 0.6 is 15.9 Å². The van der Waals surface area contributed by atoms with E-state index in [1.54, 1.807) is 6.20 Å². The third-order valence-electron chi connectivity index (χ3n) is 3.76. The minimum absolute atomic E-state index is 0.317. The molecule has 0 aromatic carbocycles. The Labute approximate surface area is 117 Å². The van der Waals surface area contributed by atoms with Crippen molar-refractivity contribution in [1.29, 1.82) is 0 Å². The van der Waals surface area contributed by atoms with E-state index >= 15 is 0 Å². The van der Waals surface area contributed by atoms with Crippen molar-refractivity contribution < 1.29 is 0 Å². The van der Waals surface area contributed by atoms with E-state index in [0.717, 1.165) is 10.3 Å². The topological polar surface area (TPSA) is 63.8 Å². The summed E-state index contributed by atoms with van der Waals surface area (Å²) in [7, 11) is 0. The molecule has 1 aliphatic rings. The summed E-state index contributed by atoms with van der Waals surface area (Å²) in [6, 6.07) is 0.490. The number of anilines is 2. The number of hydrogen-bond donors (Lipinski definition) is 2. The predicted molar refractivity (Wildman–Crippen MR) is 78.4 cm³/mol. The summed E-state index contributed by atoms with van der Waals surface area (Å²) in [6.07, 6.45) is 6.85. The third-order valence-corrected chi connectivity index (χ3v) is 4.34. The SMILES string of the molecule is CC(C)C1CCCCC1Nc1nc(N)ncc1Br. The van der Waals surface area contributed by atoms with Crippen LogP contribution in [0.5, 0.6) is 0 Å². The van der Waals surface area contributed by atoms with E-state index in [0.29, 0.717) is 23.8 Å². The van der Waals surface area contributed by atoms with Gasteiger partial charge < -0.3 is 11.1 Å². The zero-order valence-corrected chi connectivity index (χ0v) is 12.6. The van der Waals surface area contributed by atoms with E-state index in [1.165, 1.54) is 25.7 Å². The molecule has 2 atom stereocenters. The van der Waals surface area contributed by atoms with Gasteiger partial charge in [0, 0.05) is 12.2 Å². The van der Waals surface area contributed by atoms with Crippen molar-refractivity contribution >= 4 is 27.7 Å². The minimum atomic E-state index is 0.317. The number of halogens is 1. The second-order valence-corrected chi connectivity index (χ2v) is 6.22. The highest BCUT2D eigenvalue weighted by molar-refractivity contribution is 9.10. The predicted octanol–water partition coefficient (Wildman–Crippen LogP) is 3.45. The molecule has 0 bridgehead atoms. The van der Waals surface area contributed by atoms with Crippen LogP contribution in [0.3, 0.4) is 0 Å². The molecule has 1 aromatic heterocycles. The Morgan fingerprint density at radius 2 is 2.11 bits per heavy atom. The number of rotatable bonds is 3. The summed E-state index contributed by atoms with van der Waals surface area (Å²) in [5, 5.41) is 3.54. The van der Waals surface area contributed by atoms with E-state index in [4.69, 9.17) is 5.73 Å². The maximum absolute atomic E-state index is 5.64. The van der Waals surface area contributed by atoms with Gasteiger partial charge in [0.1, 0.15) is 5.82 Å². The Morgan fingerprint density at radius 1 is 1.39 bits per heavy atom. The number of aromatic nitrogens is 2. The molecule has 1 heterocycles. The van der Waals surface area contributed by atoms with Crippen molar-refractivity contribution in [3.8, 4) is 0 Å². The molecule has 1 fully saturated rings. The van der Waals surface area contributed by atoms with Crippen LogP contribution in [0.25, 0.3) is 0 Å².